The number of hydrogen-bond acceptors (Lipinski definition) is 9. The van der Waals surface area contributed by atoms with Crippen molar-refractivity contribution in [3.63, 3.8) is 0 Å². The van der Waals surface area contributed by atoms with Crippen molar-refractivity contribution in [2.24, 2.45) is 5.92 Å². The van der Waals surface area contributed by atoms with Crippen LogP contribution in [-0.2, 0) is 14.2 Å². The van der Waals surface area contributed by atoms with Crippen molar-refractivity contribution in [3.8, 4) is 11.8 Å². The van der Waals surface area contributed by atoms with Gasteiger partial charge in [-0.1, -0.05) is 0 Å². The zero-order valence-corrected chi connectivity index (χ0v) is 19.3. The first-order valence-electron chi connectivity index (χ1n) is 11.4. The molecule has 0 spiro atoms. The third-order valence-corrected chi connectivity index (χ3v) is 6.55. The van der Waals surface area contributed by atoms with Crippen LogP contribution in [0.4, 0.5) is 5.82 Å². The van der Waals surface area contributed by atoms with Gasteiger partial charge in [-0.2, -0.15) is 5.26 Å². The predicted octanol–water partition coefficient (Wildman–Crippen LogP) is 3.18. The molecule has 4 aromatic rings. The first-order valence-corrected chi connectivity index (χ1v) is 11.4. The Kier molecular flexibility index (Phi) is 5.07. The first kappa shape index (κ1) is 21.7. The number of anilines is 1. The van der Waals surface area contributed by atoms with E-state index >= 15 is 0 Å². The highest BCUT2D eigenvalue weighted by atomic mass is 16.7. The van der Waals surface area contributed by atoms with E-state index < -0.39 is 12.0 Å². The maximum Gasteiger partial charge on any atom is 0.163 e. The van der Waals surface area contributed by atoms with Crippen molar-refractivity contribution in [1.29, 1.82) is 5.26 Å². The minimum Gasteiger partial charge on any atom is -0.491 e. The summed E-state index contributed by atoms with van der Waals surface area (Å²) in [5, 5.41) is 10.7. The second-order valence-electron chi connectivity index (χ2n) is 9.24. The number of hydrogen-bond donors (Lipinski definition) is 1. The van der Waals surface area contributed by atoms with Crippen LogP contribution in [0.25, 0.3) is 21.9 Å². The summed E-state index contributed by atoms with van der Waals surface area (Å²) in [6.07, 6.45) is 3.94. The number of pyridine rings is 1. The molecular weight excluding hydrogens is 448 g/mol. The molecule has 10 heteroatoms. The van der Waals surface area contributed by atoms with Crippen LogP contribution in [0.2, 0.25) is 0 Å². The van der Waals surface area contributed by atoms with Crippen LogP contribution in [0.1, 0.15) is 25.6 Å². The molecule has 0 bridgehead atoms. The van der Waals surface area contributed by atoms with Crippen LogP contribution >= 0.6 is 0 Å². The molecule has 0 unspecified atom stereocenters. The maximum atomic E-state index is 9.08. The van der Waals surface area contributed by atoms with E-state index in [-0.39, 0.29) is 18.1 Å². The number of nitrogens with two attached hydrogens (primary N) is 1. The molecule has 0 aliphatic carbocycles. The Labute approximate surface area is 201 Å². The van der Waals surface area contributed by atoms with E-state index in [1.165, 1.54) is 6.33 Å². The Balaban J connectivity index is 1.26. The van der Waals surface area contributed by atoms with Crippen molar-refractivity contribution in [1.82, 2.24) is 19.5 Å². The van der Waals surface area contributed by atoms with E-state index in [9.17, 15) is 0 Å². The van der Waals surface area contributed by atoms with Gasteiger partial charge in [0, 0.05) is 29.8 Å². The molecule has 10 nitrogen and oxygen atoms in total. The molecule has 0 radical (unpaired) electrons. The minimum absolute atomic E-state index is 0.0403. The summed E-state index contributed by atoms with van der Waals surface area (Å²) >= 11 is 0. The number of nitrogens with zero attached hydrogens (tertiary/aromatic N) is 5. The molecule has 1 aromatic carbocycles. The largest absolute Gasteiger partial charge is 0.491 e. The number of aromatic nitrogens is 4. The van der Waals surface area contributed by atoms with E-state index in [1.54, 1.807) is 12.3 Å². The van der Waals surface area contributed by atoms with Gasteiger partial charge in [0.05, 0.1) is 23.1 Å². The van der Waals surface area contributed by atoms with Crippen LogP contribution in [0.15, 0.2) is 49.1 Å². The lowest BCUT2D eigenvalue weighted by Crippen LogP contribution is -2.48. The van der Waals surface area contributed by atoms with E-state index in [4.69, 9.17) is 29.9 Å². The SMILES string of the molecule is CC1(C)OC[C@H]2[C@@H](O1)[C@H](n1ccc3c(N)ncnc31)O[C@@H]2COc1ccc2cc(C#N)cnc2c1. The Morgan fingerprint density at radius 3 is 2.97 bits per heavy atom. The molecule has 2 aliphatic heterocycles. The number of nitrogen functional groups attached to an aromatic ring is 1. The summed E-state index contributed by atoms with van der Waals surface area (Å²) in [5.41, 5.74) is 8.01. The lowest BCUT2D eigenvalue weighted by Gasteiger charge is -2.39. The number of rotatable bonds is 4. The van der Waals surface area contributed by atoms with Crippen molar-refractivity contribution < 1.29 is 18.9 Å². The maximum absolute atomic E-state index is 9.08. The highest BCUT2D eigenvalue weighted by Gasteiger charge is 2.52. The molecule has 6 rings (SSSR count). The van der Waals surface area contributed by atoms with Gasteiger partial charge < -0.3 is 29.2 Å². The Hall–Kier alpha value is -3.78. The fraction of sp³-hybridized carbons (Fsp3) is 0.360. The highest BCUT2D eigenvalue weighted by Crippen LogP contribution is 2.43. The smallest absolute Gasteiger partial charge is 0.163 e. The quantitative estimate of drug-likeness (QED) is 0.476. The number of benzene rings is 1. The fourth-order valence-electron chi connectivity index (χ4n) is 4.80. The van der Waals surface area contributed by atoms with Gasteiger partial charge >= 0.3 is 0 Å². The zero-order valence-electron chi connectivity index (χ0n) is 19.3. The van der Waals surface area contributed by atoms with Gasteiger partial charge in [-0.15, -0.1) is 0 Å². The van der Waals surface area contributed by atoms with Crippen LogP contribution in [0.5, 0.6) is 5.75 Å². The molecule has 5 heterocycles. The van der Waals surface area contributed by atoms with Gasteiger partial charge in [-0.05, 0) is 38.1 Å². The molecule has 0 amide bonds. The molecule has 2 saturated heterocycles. The highest BCUT2D eigenvalue weighted by molar-refractivity contribution is 5.86. The molecule has 0 saturated carbocycles. The Morgan fingerprint density at radius 2 is 2.11 bits per heavy atom. The van der Waals surface area contributed by atoms with Crippen LogP contribution in [0.3, 0.4) is 0 Å². The molecule has 178 valence electrons. The average molecular weight is 473 g/mol. The van der Waals surface area contributed by atoms with Gasteiger partial charge in [0.25, 0.3) is 0 Å². The van der Waals surface area contributed by atoms with Crippen molar-refractivity contribution in [2.45, 2.75) is 38.1 Å². The van der Waals surface area contributed by atoms with Crippen LogP contribution in [-0.4, -0.2) is 50.7 Å². The normalized spacial score (nSPS) is 25.4. The van der Waals surface area contributed by atoms with Gasteiger partial charge in [-0.3, -0.25) is 4.98 Å². The van der Waals surface area contributed by atoms with E-state index in [1.807, 2.05) is 48.9 Å². The third kappa shape index (κ3) is 3.83. The topological polar surface area (TPSA) is 130 Å². The molecule has 2 fully saturated rings. The molecule has 2 aliphatic rings. The van der Waals surface area contributed by atoms with E-state index in [0.717, 1.165) is 16.3 Å². The van der Waals surface area contributed by atoms with Crippen molar-refractivity contribution >= 4 is 27.8 Å². The Morgan fingerprint density at radius 1 is 1.23 bits per heavy atom. The summed E-state index contributed by atoms with van der Waals surface area (Å²) in [5.74, 6) is 0.315. The van der Waals surface area contributed by atoms with Gasteiger partial charge in [0.1, 0.15) is 48.4 Å². The Bertz CT molecular complexity index is 1460. The standard InChI is InChI=1S/C25H24N6O4/c1-25(2)33-11-18-20(12-32-16-4-3-15-7-14(9-26)10-28-19(15)8-16)34-24(21(18)35-25)31-6-5-17-22(27)29-13-30-23(17)31/h3-8,10,13,18,20-21,24H,11-12H2,1-2H3,(H2,27,29,30)/t18-,20-,21-,24-/m1/s1. The lowest BCUT2D eigenvalue weighted by molar-refractivity contribution is -0.295. The van der Waals surface area contributed by atoms with E-state index in [0.29, 0.717) is 36.0 Å². The minimum atomic E-state index is -0.734. The second-order valence-corrected chi connectivity index (χ2v) is 9.24. The number of fused-ring (bicyclic) bond motifs is 3. The number of ether oxygens (including phenoxy) is 4. The third-order valence-electron chi connectivity index (χ3n) is 6.55. The van der Waals surface area contributed by atoms with Gasteiger partial charge in [0.2, 0.25) is 0 Å². The number of nitriles is 1. The summed E-state index contributed by atoms with van der Waals surface area (Å²) in [4.78, 5) is 12.9. The summed E-state index contributed by atoms with van der Waals surface area (Å²) < 4.78 is 26.9. The van der Waals surface area contributed by atoms with Crippen molar-refractivity contribution in [3.05, 3.63) is 54.6 Å². The van der Waals surface area contributed by atoms with Gasteiger partial charge in [-0.25, -0.2) is 9.97 Å². The molecule has 2 N–H and O–H groups in total. The molecular formula is C25H24N6O4. The van der Waals surface area contributed by atoms with Crippen LogP contribution in [0, 0.1) is 17.2 Å². The first-order chi connectivity index (χ1) is 16.9. The van der Waals surface area contributed by atoms with E-state index in [2.05, 4.69) is 21.0 Å². The zero-order chi connectivity index (χ0) is 24.2. The molecule has 4 atom stereocenters. The summed E-state index contributed by atoms with van der Waals surface area (Å²) in [6, 6.07) is 11.4. The average Bonchev–Trinajstić information content (AvgIpc) is 3.43. The molecule has 3 aromatic heterocycles. The molecule has 35 heavy (non-hydrogen) atoms. The van der Waals surface area contributed by atoms with Crippen molar-refractivity contribution in [2.75, 3.05) is 18.9 Å². The second kappa shape index (κ2) is 8.16. The summed E-state index contributed by atoms with van der Waals surface area (Å²) in [6.45, 7) is 4.59. The van der Waals surface area contributed by atoms with Crippen LogP contribution < -0.4 is 10.5 Å². The predicted molar refractivity (Wildman–Crippen MR) is 126 cm³/mol. The lowest BCUT2D eigenvalue weighted by atomic mass is 9.97. The monoisotopic (exact) mass is 472 g/mol. The fourth-order valence-corrected chi connectivity index (χ4v) is 4.80. The van der Waals surface area contributed by atoms with Gasteiger partial charge in [0.15, 0.2) is 12.0 Å². The summed E-state index contributed by atoms with van der Waals surface area (Å²) in [7, 11) is 0.